The van der Waals surface area contributed by atoms with Crippen LogP contribution in [0.4, 0.5) is 8.78 Å². The summed E-state index contributed by atoms with van der Waals surface area (Å²) in [6.45, 7) is 3.37. The van der Waals surface area contributed by atoms with Crippen LogP contribution in [-0.2, 0) is 18.3 Å². The lowest BCUT2D eigenvalue weighted by atomic mass is 10.0. The minimum atomic E-state index is -1.29. The third-order valence-corrected chi connectivity index (χ3v) is 4.66. The largest absolute Gasteiger partial charge is 0.480 e. The van der Waals surface area contributed by atoms with E-state index in [0.717, 1.165) is 29.3 Å². The first-order valence-corrected chi connectivity index (χ1v) is 9.74. The molecule has 0 saturated carbocycles. The average molecular weight is 442 g/mol. The van der Waals surface area contributed by atoms with Gasteiger partial charge in [-0.3, -0.25) is 14.4 Å². The Kier molecular flexibility index (Phi) is 8.40. The second-order valence-corrected chi connectivity index (χ2v) is 7.23. The fourth-order valence-electron chi connectivity index (χ4n) is 2.97. The van der Waals surface area contributed by atoms with Gasteiger partial charge in [0.05, 0.1) is 0 Å². The van der Waals surface area contributed by atoms with E-state index in [1.54, 1.807) is 11.6 Å². The first-order chi connectivity index (χ1) is 15.1. The van der Waals surface area contributed by atoms with Gasteiger partial charge in [-0.25, -0.2) is 8.78 Å². The SMILES string of the molecule is Cc1cccc(Cc2c(C)ccn(C)c2=O)c1.O=C(O)CNC(=O)c1c(F)cccc1F. The third kappa shape index (κ3) is 6.60. The van der Waals surface area contributed by atoms with Crippen molar-refractivity contribution in [3.63, 3.8) is 0 Å². The van der Waals surface area contributed by atoms with Crippen LogP contribution >= 0.6 is 0 Å². The molecule has 32 heavy (non-hydrogen) atoms. The molecule has 0 aliphatic heterocycles. The highest BCUT2D eigenvalue weighted by Crippen LogP contribution is 2.12. The number of aryl methyl sites for hydroxylation is 3. The minimum absolute atomic E-state index is 0.103. The number of benzene rings is 2. The molecule has 1 aromatic heterocycles. The number of amides is 1. The summed E-state index contributed by atoms with van der Waals surface area (Å²) < 4.78 is 27.6. The molecular weight excluding hydrogens is 418 g/mol. The summed E-state index contributed by atoms with van der Waals surface area (Å²) in [5.74, 6) is -4.44. The topological polar surface area (TPSA) is 88.4 Å². The summed E-state index contributed by atoms with van der Waals surface area (Å²) in [6.07, 6.45) is 2.53. The van der Waals surface area contributed by atoms with E-state index in [0.29, 0.717) is 6.42 Å². The van der Waals surface area contributed by atoms with Gasteiger partial charge in [0, 0.05) is 25.2 Å². The molecule has 0 fully saturated rings. The van der Waals surface area contributed by atoms with Crippen molar-refractivity contribution in [2.75, 3.05) is 6.54 Å². The highest BCUT2D eigenvalue weighted by Gasteiger charge is 2.17. The zero-order chi connectivity index (χ0) is 23.8. The maximum Gasteiger partial charge on any atom is 0.322 e. The van der Waals surface area contributed by atoms with E-state index in [9.17, 15) is 23.2 Å². The smallest absolute Gasteiger partial charge is 0.322 e. The van der Waals surface area contributed by atoms with Crippen LogP contribution in [0.15, 0.2) is 59.5 Å². The van der Waals surface area contributed by atoms with Crippen LogP contribution in [0.5, 0.6) is 0 Å². The summed E-state index contributed by atoms with van der Waals surface area (Å²) in [5.41, 5.74) is 3.70. The van der Waals surface area contributed by atoms with Gasteiger partial charge in [0.15, 0.2) is 0 Å². The Labute approximate surface area is 184 Å². The van der Waals surface area contributed by atoms with Crippen LogP contribution in [-0.4, -0.2) is 28.1 Å². The summed E-state index contributed by atoms with van der Waals surface area (Å²) in [4.78, 5) is 33.3. The van der Waals surface area contributed by atoms with E-state index in [1.807, 2.05) is 30.6 Å². The van der Waals surface area contributed by atoms with Crippen molar-refractivity contribution in [1.82, 2.24) is 9.88 Å². The first kappa shape index (κ1) is 24.5. The second kappa shape index (κ2) is 11.0. The number of rotatable bonds is 5. The molecule has 0 saturated heterocycles. The molecule has 0 spiro atoms. The number of carbonyl (C=O) groups is 2. The fraction of sp³-hybridized carbons (Fsp3) is 0.208. The van der Waals surface area contributed by atoms with Gasteiger partial charge in [-0.15, -0.1) is 0 Å². The van der Waals surface area contributed by atoms with E-state index >= 15 is 0 Å². The van der Waals surface area contributed by atoms with E-state index in [2.05, 4.69) is 25.1 Å². The lowest BCUT2D eigenvalue weighted by Crippen LogP contribution is -2.30. The normalized spacial score (nSPS) is 10.2. The van der Waals surface area contributed by atoms with Gasteiger partial charge in [0.25, 0.3) is 11.5 Å². The third-order valence-electron chi connectivity index (χ3n) is 4.66. The minimum Gasteiger partial charge on any atom is -0.480 e. The number of hydrogen-bond acceptors (Lipinski definition) is 3. The summed E-state index contributed by atoms with van der Waals surface area (Å²) in [6, 6.07) is 13.2. The number of aromatic nitrogens is 1. The highest BCUT2D eigenvalue weighted by atomic mass is 19.1. The van der Waals surface area contributed by atoms with Gasteiger partial charge in [0.2, 0.25) is 0 Å². The molecule has 3 rings (SSSR count). The number of carboxylic acids is 1. The average Bonchev–Trinajstić information content (AvgIpc) is 2.73. The number of aliphatic carboxylic acids is 1. The Morgan fingerprint density at radius 2 is 1.66 bits per heavy atom. The molecule has 6 nitrogen and oxygen atoms in total. The molecule has 8 heteroatoms. The number of carbonyl (C=O) groups excluding carboxylic acids is 1. The molecule has 2 aromatic carbocycles. The van der Waals surface area contributed by atoms with Crippen molar-refractivity contribution < 1.29 is 23.5 Å². The molecule has 2 N–H and O–H groups in total. The van der Waals surface area contributed by atoms with Gasteiger partial charge in [0.1, 0.15) is 23.7 Å². The molecule has 0 radical (unpaired) electrons. The highest BCUT2D eigenvalue weighted by molar-refractivity contribution is 5.96. The van der Waals surface area contributed by atoms with Gasteiger partial charge in [-0.1, -0.05) is 35.9 Å². The van der Waals surface area contributed by atoms with Crippen LogP contribution in [0.1, 0.15) is 32.6 Å². The van der Waals surface area contributed by atoms with Gasteiger partial charge in [-0.05, 0) is 43.2 Å². The second-order valence-electron chi connectivity index (χ2n) is 7.23. The number of carboxylic acid groups (broad SMARTS) is 1. The van der Waals surface area contributed by atoms with Crippen molar-refractivity contribution in [1.29, 1.82) is 0 Å². The van der Waals surface area contributed by atoms with E-state index in [1.165, 1.54) is 11.1 Å². The summed E-state index contributed by atoms with van der Waals surface area (Å²) >= 11 is 0. The Morgan fingerprint density at radius 1 is 1.03 bits per heavy atom. The van der Waals surface area contributed by atoms with E-state index < -0.39 is 35.6 Å². The number of nitrogens with one attached hydrogen (secondary N) is 1. The molecule has 168 valence electrons. The predicted molar refractivity (Wildman–Crippen MR) is 117 cm³/mol. The number of pyridine rings is 1. The first-order valence-electron chi connectivity index (χ1n) is 9.74. The molecule has 0 unspecified atom stereocenters. The number of hydrogen-bond donors (Lipinski definition) is 2. The standard InChI is InChI=1S/C15H17NO.C9H7F2NO3/c1-11-5-4-6-13(9-11)10-14-12(2)7-8-16(3)15(14)17;10-5-2-1-3-6(11)8(5)9(15)12-4-7(13)14/h4-9H,10H2,1-3H3;1-3H,4H2,(H,12,15)(H,13,14). The van der Waals surface area contributed by atoms with Crippen molar-refractivity contribution in [3.05, 3.63) is 105 Å². The lowest BCUT2D eigenvalue weighted by molar-refractivity contribution is -0.135. The number of nitrogens with zero attached hydrogens (tertiary/aromatic N) is 1. The number of halogens is 2. The molecule has 1 heterocycles. The zero-order valence-corrected chi connectivity index (χ0v) is 18.0. The van der Waals surface area contributed by atoms with Crippen molar-refractivity contribution in [2.45, 2.75) is 20.3 Å². The van der Waals surface area contributed by atoms with Gasteiger partial charge < -0.3 is 15.0 Å². The molecule has 0 atom stereocenters. The van der Waals surface area contributed by atoms with E-state index in [4.69, 9.17) is 5.11 Å². The Bertz CT molecular complexity index is 1170. The summed E-state index contributed by atoms with van der Waals surface area (Å²) in [5, 5.41) is 10.1. The Morgan fingerprint density at radius 3 is 2.25 bits per heavy atom. The van der Waals surface area contributed by atoms with Gasteiger partial charge in [-0.2, -0.15) is 0 Å². The molecule has 0 aliphatic carbocycles. The van der Waals surface area contributed by atoms with Crippen molar-refractivity contribution in [3.8, 4) is 0 Å². The van der Waals surface area contributed by atoms with Crippen LogP contribution in [0, 0.1) is 25.5 Å². The lowest BCUT2D eigenvalue weighted by Gasteiger charge is -2.08. The Hall–Kier alpha value is -3.81. The monoisotopic (exact) mass is 442 g/mol. The van der Waals surface area contributed by atoms with Crippen LogP contribution < -0.4 is 10.9 Å². The molecule has 1 amide bonds. The molecule has 0 aliphatic rings. The molecular formula is C24H24F2N2O4. The van der Waals surface area contributed by atoms with Gasteiger partial charge >= 0.3 is 5.97 Å². The molecule has 3 aromatic rings. The quantitative estimate of drug-likeness (QED) is 0.634. The van der Waals surface area contributed by atoms with Crippen molar-refractivity contribution in [2.24, 2.45) is 7.05 Å². The van der Waals surface area contributed by atoms with Crippen molar-refractivity contribution >= 4 is 11.9 Å². The molecule has 0 bridgehead atoms. The maximum atomic E-state index is 13.0. The van der Waals surface area contributed by atoms with Crippen LogP contribution in [0.2, 0.25) is 0 Å². The predicted octanol–water partition coefficient (Wildman–Crippen LogP) is 3.37. The van der Waals surface area contributed by atoms with Crippen LogP contribution in [0.25, 0.3) is 0 Å². The zero-order valence-electron chi connectivity index (χ0n) is 18.0. The Balaban J connectivity index is 0.000000229. The van der Waals surface area contributed by atoms with Crippen LogP contribution in [0.3, 0.4) is 0 Å². The van der Waals surface area contributed by atoms with E-state index in [-0.39, 0.29) is 5.56 Å². The summed E-state index contributed by atoms with van der Waals surface area (Å²) in [7, 11) is 1.79. The maximum absolute atomic E-state index is 13.0. The fourth-order valence-corrected chi connectivity index (χ4v) is 2.97.